The largest absolute Gasteiger partial charge is 0.367 e. The second-order valence-corrected chi connectivity index (χ2v) is 4.61. The van der Waals surface area contributed by atoms with E-state index in [0.29, 0.717) is 11.8 Å². The number of rotatable bonds is 3. The van der Waals surface area contributed by atoms with Crippen LogP contribution in [-0.4, -0.2) is 10.1 Å². The number of hydrogen-bond donors (Lipinski definition) is 1. The van der Waals surface area contributed by atoms with Crippen molar-refractivity contribution in [1.29, 1.82) is 0 Å². The molecule has 0 aliphatic heterocycles. The first-order valence-electron chi connectivity index (χ1n) is 5.75. The van der Waals surface area contributed by atoms with Crippen LogP contribution in [0, 0.1) is 12.8 Å². The number of nitrogen functional groups attached to an aromatic ring is 1. The van der Waals surface area contributed by atoms with Crippen LogP contribution in [0.3, 0.4) is 0 Å². The summed E-state index contributed by atoms with van der Waals surface area (Å²) >= 11 is 0. The number of aromatic nitrogens is 2. The molecule has 0 saturated heterocycles. The van der Waals surface area contributed by atoms with E-state index >= 15 is 0 Å². The molecule has 0 aliphatic rings. The quantitative estimate of drug-likeness (QED) is 0.882. The zero-order valence-electron chi connectivity index (χ0n) is 10.4. The first-order valence-corrected chi connectivity index (χ1v) is 5.75. The van der Waals surface area contributed by atoms with E-state index < -0.39 is 0 Å². The Hall–Kier alpha value is -1.84. The second-order valence-electron chi connectivity index (χ2n) is 4.61. The molecule has 2 aromatic heterocycles. The van der Waals surface area contributed by atoms with E-state index in [4.69, 9.17) is 10.3 Å². The minimum Gasteiger partial charge on any atom is -0.367 e. The Morgan fingerprint density at radius 2 is 2.18 bits per heavy atom. The molecular formula is C13H17N3O. The van der Waals surface area contributed by atoms with E-state index in [1.54, 1.807) is 6.20 Å². The third-order valence-electron chi connectivity index (χ3n) is 2.69. The summed E-state index contributed by atoms with van der Waals surface area (Å²) in [5.74, 6) is 0.921. The van der Waals surface area contributed by atoms with E-state index in [1.807, 2.05) is 19.1 Å². The van der Waals surface area contributed by atoms with Crippen LogP contribution in [0.15, 0.2) is 22.9 Å². The van der Waals surface area contributed by atoms with Gasteiger partial charge in [0.2, 0.25) is 5.88 Å². The maximum Gasteiger partial charge on any atom is 0.225 e. The maximum absolute atomic E-state index is 5.83. The third kappa shape index (κ3) is 2.30. The summed E-state index contributed by atoms with van der Waals surface area (Å²) in [4.78, 5) is 4.26. The van der Waals surface area contributed by atoms with Crippen molar-refractivity contribution in [3.05, 3.63) is 29.6 Å². The molecule has 2 aromatic rings. The molecule has 2 heterocycles. The number of anilines is 1. The number of nitrogens with two attached hydrogens (primary N) is 1. The highest BCUT2D eigenvalue weighted by Gasteiger charge is 2.17. The number of hydrogen-bond acceptors (Lipinski definition) is 4. The van der Waals surface area contributed by atoms with Gasteiger partial charge in [-0.1, -0.05) is 19.0 Å². The Labute approximate surface area is 101 Å². The molecule has 0 amide bonds. The number of aryl methyl sites for hydroxylation is 1. The normalized spacial score (nSPS) is 11.1. The fourth-order valence-corrected chi connectivity index (χ4v) is 1.87. The van der Waals surface area contributed by atoms with Crippen LogP contribution in [0.4, 0.5) is 5.88 Å². The van der Waals surface area contributed by atoms with E-state index in [9.17, 15) is 0 Å². The molecule has 0 aliphatic carbocycles. The SMILES string of the molecule is Cc1ncccc1-c1noc(N)c1CC(C)C. The zero-order valence-corrected chi connectivity index (χ0v) is 10.4. The Balaban J connectivity index is 2.49. The molecule has 0 fully saturated rings. The standard InChI is InChI=1S/C13H17N3O/c1-8(2)7-11-12(16-17-13(11)14)10-5-4-6-15-9(10)3/h4-6,8H,7,14H2,1-3H3. The van der Waals surface area contributed by atoms with E-state index in [-0.39, 0.29) is 0 Å². The van der Waals surface area contributed by atoms with Gasteiger partial charge in [-0.3, -0.25) is 4.98 Å². The van der Waals surface area contributed by atoms with Crippen molar-refractivity contribution in [2.24, 2.45) is 5.92 Å². The van der Waals surface area contributed by atoms with Gasteiger partial charge in [-0.2, -0.15) is 0 Å². The molecule has 0 saturated carbocycles. The summed E-state index contributed by atoms with van der Waals surface area (Å²) in [6.07, 6.45) is 2.63. The van der Waals surface area contributed by atoms with Crippen LogP contribution < -0.4 is 5.73 Å². The highest BCUT2D eigenvalue weighted by atomic mass is 16.5. The molecule has 2 rings (SSSR count). The summed E-state index contributed by atoms with van der Waals surface area (Å²) in [7, 11) is 0. The smallest absolute Gasteiger partial charge is 0.225 e. The van der Waals surface area contributed by atoms with Crippen LogP contribution in [0.1, 0.15) is 25.1 Å². The van der Waals surface area contributed by atoms with Gasteiger partial charge < -0.3 is 10.3 Å². The summed E-state index contributed by atoms with van der Waals surface area (Å²) in [5, 5.41) is 4.06. The lowest BCUT2D eigenvalue weighted by Crippen LogP contribution is -1.99. The van der Waals surface area contributed by atoms with Crippen LogP contribution >= 0.6 is 0 Å². The lowest BCUT2D eigenvalue weighted by Gasteiger charge is -2.06. The maximum atomic E-state index is 5.83. The summed E-state index contributed by atoms with van der Waals surface area (Å²) in [6.45, 7) is 6.25. The van der Waals surface area contributed by atoms with Gasteiger partial charge in [0.05, 0.1) is 0 Å². The lowest BCUT2D eigenvalue weighted by atomic mass is 9.99. The van der Waals surface area contributed by atoms with Crippen molar-refractivity contribution < 1.29 is 4.52 Å². The van der Waals surface area contributed by atoms with Crippen LogP contribution in [0.5, 0.6) is 0 Å². The summed E-state index contributed by atoms with van der Waals surface area (Å²) in [5.41, 5.74) is 9.56. The molecule has 0 bridgehead atoms. The number of nitrogens with zero attached hydrogens (tertiary/aromatic N) is 2. The van der Waals surface area contributed by atoms with Gasteiger partial charge in [0.25, 0.3) is 0 Å². The van der Waals surface area contributed by atoms with Crippen LogP contribution in [0.25, 0.3) is 11.3 Å². The predicted molar refractivity (Wildman–Crippen MR) is 67.4 cm³/mol. The van der Waals surface area contributed by atoms with Gasteiger partial charge in [0.15, 0.2) is 0 Å². The summed E-state index contributed by atoms with van der Waals surface area (Å²) < 4.78 is 5.11. The highest BCUT2D eigenvalue weighted by molar-refractivity contribution is 5.68. The average molecular weight is 231 g/mol. The molecule has 0 spiro atoms. The van der Waals surface area contributed by atoms with Gasteiger partial charge in [0.1, 0.15) is 5.69 Å². The summed E-state index contributed by atoms with van der Waals surface area (Å²) in [6, 6.07) is 3.88. The topological polar surface area (TPSA) is 64.9 Å². The van der Waals surface area contributed by atoms with Crippen molar-refractivity contribution >= 4 is 5.88 Å². The Morgan fingerprint density at radius 1 is 1.41 bits per heavy atom. The van der Waals surface area contributed by atoms with Crippen molar-refractivity contribution in [3.63, 3.8) is 0 Å². The Kier molecular flexibility index (Phi) is 3.13. The van der Waals surface area contributed by atoms with Gasteiger partial charge in [0, 0.05) is 23.0 Å². The van der Waals surface area contributed by atoms with Crippen molar-refractivity contribution in [3.8, 4) is 11.3 Å². The highest BCUT2D eigenvalue weighted by Crippen LogP contribution is 2.30. The van der Waals surface area contributed by atoms with Gasteiger partial charge in [-0.05, 0) is 31.4 Å². The molecular weight excluding hydrogens is 214 g/mol. The van der Waals surface area contributed by atoms with Gasteiger partial charge in [-0.15, -0.1) is 0 Å². The minimum absolute atomic E-state index is 0.414. The Morgan fingerprint density at radius 3 is 2.82 bits per heavy atom. The molecule has 0 aromatic carbocycles. The minimum atomic E-state index is 0.414. The Bertz CT molecular complexity index is 517. The third-order valence-corrected chi connectivity index (χ3v) is 2.69. The fourth-order valence-electron chi connectivity index (χ4n) is 1.87. The monoisotopic (exact) mass is 231 g/mol. The zero-order chi connectivity index (χ0) is 12.4. The van der Waals surface area contributed by atoms with Crippen molar-refractivity contribution in [2.75, 3.05) is 5.73 Å². The van der Waals surface area contributed by atoms with E-state index in [0.717, 1.165) is 28.9 Å². The molecule has 2 N–H and O–H groups in total. The number of pyridine rings is 1. The molecule has 0 atom stereocenters. The van der Waals surface area contributed by atoms with Crippen molar-refractivity contribution in [2.45, 2.75) is 27.2 Å². The van der Waals surface area contributed by atoms with E-state index in [1.165, 1.54) is 0 Å². The first-order chi connectivity index (χ1) is 8.09. The molecule has 0 radical (unpaired) electrons. The molecule has 90 valence electrons. The van der Waals surface area contributed by atoms with Crippen LogP contribution in [0.2, 0.25) is 0 Å². The molecule has 0 unspecified atom stereocenters. The van der Waals surface area contributed by atoms with Gasteiger partial charge >= 0.3 is 0 Å². The van der Waals surface area contributed by atoms with E-state index in [2.05, 4.69) is 24.0 Å². The lowest BCUT2D eigenvalue weighted by molar-refractivity contribution is 0.438. The molecule has 4 heteroatoms. The van der Waals surface area contributed by atoms with Crippen LogP contribution in [-0.2, 0) is 6.42 Å². The fraction of sp³-hybridized carbons (Fsp3) is 0.385. The molecule has 17 heavy (non-hydrogen) atoms. The molecule has 4 nitrogen and oxygen atoms in total. The predicted octanol–water partition coefficient (Wildman–Crippen LogP) is 2.83. The first kappa shape index (κ1) is 11.6. The second kappa shape index (κ2) is 4.57. The van der Waals surface area contributed by atoms with Gasteiger partial charge in [-0.25, -0.2) is 0 Å². The average Bonchev–Trinajstić information content (AvgIpc) is 2.61. The van der Waals surface area contributed by atoms with Crippen molar-refractivity contribution in [1.82, 2.24) is 10.1 Å².